The Morgan fingerprint density at radius 1 is 1.18 bits per heavy atom. The van der Waals surface area contributed by atoms with E-state index >= 15 is 0 Å². The van der Waals surface area contributed by atoms with Gasteiger partial charge in [-0.3, -0.25) is 4.79 Å². The number of nitrogens with one attached hydrogen (secondary N) is 1. The van der Waals surface area contributed by atoms with Crippen LogP contribution in [0.4, 0.5) is 0 Å². The number of imidazole rings is 1. The largest absolute Gasteiger partial charge is 0.488 e. The Labute approximate surface area is 164 Å². The topological polar surface area (TPSA) is 93.9 Å². The Hall–Kier alpha value is -3.52. The Bertz CT molecular complexity index is 1160. The highest BCUT2D eigenvalue weighted by Gasteiger charge is 2.11. The third-order valence-corrected chi connectivity index (χ3v) is 4.59. The van der Waals surface area contributed by atoms with Crippen molar-refractivity contribution >= 4 is 38.8 Å². The summed E-state index contributed by atoms with van der Waals surface area (Å²) in [6.45, 7) is 1.97. The molecule has 1 N–H and O–H groups in total. The highest BCUT2D eigenvalue weighted by atomic mass is 32.1. The number of hydrogen-bond donors (Lipinski definition) is 1. The van der Waals surface area contributed by atoms with Crippen LogP contribution in [-0.2, 0) is 6.61 Å². The Morgan fingerprint density at radius 2 is 2.04 bits per heavy atom. The van der Waals surface area contributed by atoms with Crippen molar-refractivity contribution in [3.8, 4) is 5.75 Å². The van der Waals surface area contributed by atoms with Crippen molar-refractivity contribution in [3.63, 3.8) is 0 Å². The summed E-state index contributed by atoms with van der Waals surface area (Å²) in [6.07, 6.45) is 1.61. The van der Waals surface area contributed by atoms with E-state index in [1.54, 1.807) is 12.4 Å². The number of fused-ring (bicyclic) bond motifs is 2. The van der Waals surface area contributed by atoms with Crippen LogP contribution in [0.15, 0.2) is 65.3 Å². The third kappa shape index (κ3) is 3.91. The van der Waals surface area contributed by atoms with Crippen LogP contribution in [0.25, 0.3) is 21.4 Å². The number of ketones is 1. The molecule has 8 heteroatoms. The van der Waals surface area contributed by atoms with Gasteiger partial charge in [-0.2, -0.15) is 0 Å². The second-order valence-corrected chi connectivity index (χ2v) is 6.67. The molecule has 0 fully saturated rings. The molecule has 0 amide bonds. The van der Waals surface area contributed by atoms with Gasteiger partial charge in [0.2, 0.25) is 0 Å². The summed E-state index contributed by atoms with van der Waals surface area (Å²) in [5.74, 6) is 0.994. The molecule has 140 valence electrons. The van der Waals surface area contributed by atoms with Crippen molar-refractivity contribution in [1.29, 1.82) is 0 Å². The molecule has 5 aromatic rings. The molecule has 3 heterocycles. The normalized spacial score (nSPS) is 10.6. The molecule has 0 atom stereocenters. The molecule has 0 radical (unpaired) electrons. The van der Waals surface area contributed by atoms with Gasteiger partial charge in [-0.05, 0) is 23.8 Å². The lowest BCUT2D eigenvalue weighted by Crippen LogP contribution is -1.95. The van der Waals surface area contributed by atoms with Gasteiger partial charge < -0.3 is 14.1 Å². The van der Waals surface area contributed by atoms with Crippen molar-refractivity contribution in [2.45, 2.75) is 13.5 Å². The lowest BCUT2D eigenvalue weighted by atomic mass is 10.2. The zero-order chi connectivity index (χ0) is 19.3. The summed E-state index contributed by atoms with van der Waals surface area (Å²) in [6, 6.07) is 17.2. The first kappa shape index (κ1) is 17.9. The lowest BCUT2D eigenvalue weighted by Gasteiger charge is -2.06. The zero-order valence-corrected chi connectivity index (χ0v) is 15.8. The second-order valence-electron chi connectivity index (χ2n) is 5.94. The number of hydrogen-bond acceptors (Lipinski definition) is 7. The van der Waals surface area contributed by atoms with Crippen LogP contribution < -0.4 is 4.74 Å². The average molecular weight is 392 g/mol. The quantitative estimate of drug-likeness (QED) is 0.448. The fourth-order valence-corrected chi connectivity index (χ4v) is 3.07. The minimum atomic E-state index is -0.0878. The number of Topliss-reactive ketones (excluding diaryl/α,β-unsaturated/α-hetero) is 1. The van der Waals surface area contributed by atoms with Crippen molar-refractivity contribution in [1.82, 2.24) is 19.6 Å². The first-order valence-electron chi connectivity index (χ1n) is 8.52. The smallest absolute Gasteiger partial charge is 0.194 e. The van der Waals surface area contributed by atoms with E-state index in [0.717, 1.165) is 27.2 Å². The van der Waals surface area contributed by atoms with E-state index in [9.17, 15) is 4.79 Å². The fourth-order valence-electron chi connectivity index (χ4n) is 2.58. The van der Waals surface area contributed by atoms with Crippen molar-refractivity contribution < 1.29 is 13.9 Å². The van der Waals surface area contributed by atoms with Gasteiger partial charge >= 0.3 is 0 Å². The van der Waals surface area contributed by atoms with Crippen LogP contribution in [-0.4, -0.2) is 25.3 Å². The number of furan rings is 1. The highest BCUT2D eigenvalue weighted by molar-refractivity contribution is 7.12. The molecular formula is C20H16N4O3S. The van der Waals surface area contributed by atoms with Gasteiger partial charge in [0.1, 0.15) is 17.9 Å². The van der Waals surface area contributed by atoms with E-state index < -0.39 is 0 Å². The molecular weight excluding hydrogens is 376 g/mol. The zero-order valence-electron chi connectivity index (χ0n) is 15.0. The summed E-state index contributed by atoms with van der Waals surface area (Å²) < 4.78 is 15.0. The summed E-state index contributed by atoms with van der Waals surface area (Å²) >= 11 is 1.29. The van der Waals surface area contributed by atoms with Gasteiger partial charge in [0.15, 0.2) is 22.0 Å². The standard InChI is InChI=1S/C17H14O3.C3H2N4S/c1-12(18)17-10-14-15(8-5-9-16(14)20-17)19-11-13-6-3-2-4-7-13;1-4-2-3(5-1)8-7-6-2/h2-10H,11H2,1H3;1H,(H,4,5). The minimum absolute atomic E-state index is 0.0878. The molecule has 7 nitrogen and oxygen atoms in total. The number of nitrogens with zero attached hydrogens (tertiary/aromatic N) is 3. The molecule has 28 heavy (non-hydrogen) atoms. The van der Waals surface area contributed by atoms with Gasteiger partial charge in [0, 0.05) is 18.5 Å². The molecule has 0 unspecified atom stereocenters. The van der Waals surface area contributed by atoms with E-state index in [1.807, 2.05) is 48.5 Å². The summed E-state index contributed by atoms with van der Waals surface area (Å²) in [5, 5.41) is 4.56. The first-order chi connectivity index (χ1) is 13.7. The molecule has 0 saturated heterocycles. The van der Waals surface area contributed by atoms with Crippen LogP contribution in [0, 0.1) is 0 Å². The summed E-state index contributed by atoms with van der Waals surface area (Å²) in [4.78, 5) is 19.0. The first-order valence-corrected chi connectivity index (χ1v) is 9.29. The molecule has 0 spiro atoms. The molecule has 0 aliphatic heterocycles. The van der Waals surface area contributed by atoms with E-state index in [0.29, 0.717) is 18.0 Å². The monoisotopic (exact) mass is 392 g/mol. The number of carbonyl (C=O) groups excluding carboxylic acids is 1. The van der Waals surface area contributed by atoms with E-state index in [4.69, 9.17) is 9.15 Å². The third-order valence-electron chi connectivity index (χ3n) is 3.96. The van der Waals surface area contributed by atoms with Gasteiger partial charge in [0.25, 0.3) is 0 Å². The van der Waals surface area contributed by atoms with Crippen LogP contribution in [0.5, 0.6) is 5.75 Å². The van der Waals surface area contributed by atoms with E-state index in [2.05, 4.69) is 19.6 Å². The van der Waals surface area contributed by atoms with E-state index in [1.165, 1.54) is 18.5 Å². The maximum Gasteiger partial charge on any atom is 0.194 e. The Kier molecular flexibility index (Phi) is 5.11. The second kappa shape index (κ2) is 8.01. The molecule has 0 aliphatic carbocycles. The predicted octanol–water partition coefficient (Wildman–Crippen LogP) is 4.63. The predicted molar refractivity (Wildman–Crippen MR) is 107 cm³/mol. The van der Waals surface area contributed by atoms with Crippen LogP contribution in [0.2, 0.25) is 0 Å². The maximum atomic E-state index is 11.4. The average Bonchev–Trinajstić information content (AvgIpc) is 3.43. The molecule has 0 aliphatic rings. The highest BCUT2D eigenvalue weighted by Crippen LogP contribution is 2.29. The van der Waals surface area contributed by atoms with Crippen LogP contribution in [0.3, 0.4) is 0 Å². The number of rotatable bonds is 4. The SMILES string of the molecule is CC(=O)c1cc2c(OCc3ccccc3)cccc2o1.c1nc2snnc2[nH]1. The Morgan fingerprint density at radius 3 is 2.82 bits per heavy atom. The number of aromatic amines is 1. The van der Waals surface area contributed by atoms with Crippen molar-refractivity contribution in [3.05, 3.63) is 72.2 Å². The number of ether oxygens (including phenoxy) is 1. The van der Waals surface area contributed by atoms with E-state index in [-0.39, 0.29) is 5.78 Å². The molecule has 5 rings (SSSR count). The number of carbonyl (C=O) groups is 1. The summed E-state index contributed by atoms with van der Waals surface area (Å²) in [5.41, 5.74) is 2.54. The lowest BCUT2D eigenvalue weighted by molar-refractivity contribution is 0.0989. The summed E-state index contributed by atoms with van der Waals surface area (Å²) in [7, 11) is 0. The van der Waals surface area contributed by atoms with Gasteiger partial charge in [-0.15, -0.1) is 5.10 Å². The molecule has 0 saturated carbocycles. The van der Waals surface area contributed by atoms with Gasteiger partial charge in [-0.25, -0.2) is 4.98 Å². The van der Waals surface area contributed by atoms with Crippen molar-refractivity contribution in [2.24, 2.45) is 0 Å². The minimum Gasteiger partial charge on any atom is -0.488 e. The molecule has 3 aromatic heterocycles. The van der Waals surface area contributed by atoms with Gasteiger partial charge in [-0.1, -0.05) is 40.9 Å². The van der Waals surface area contributed by atoms with Crippen LogP contribution >= 0.6 is 11.5 Å². The molecule has 2 aromatic carbocycles. The van der Waals surface area contributed by atoms with Crippen molar-refractivity contribution in [2.75, 3.05) is 0 Å². The maximum absolute atomic E-state index is 11.4. The van der Waals surface area contributed by atoms with Crippen LogP contribution in [0.1, 0.15) is 23.0 Å². The number of benzene rings is 2. The Balaban J connectivity index is 0.000000198. The number of aromatic nitrogens is 4. The fraction of sp³-hybridized carbons (Fsp3) is 0.100. The number of H-pyrrole nitrogens is 1. The van der Waals surface area contributed by atoms with Gasteiger partial charge in [0.05, 0.1) is 11.7 Å². The molecule has 0 bridgehead atoms.